The molecule has 0 radical (unpaired) electrons. The number of para-hydroxylation sites is 3. The minimum Gasteiger partial charge on any atom is -0.506 e. The second-order valence-corrected chi connectivity index (χ2v) is 4.55. The number of ketones is 1. The Hall–Kier alpha value is -3.41. The highest BCUT2D eigenvalue weighted by Gasteiger charge is 2.15. The molecule has 4 N–H and O–H groups in total. The van der Waals surface area contributed by atoms with E-state index in [9.17, 15) is 14.7 Å². The number of benzene rings is 2. The SMILES string of the molecule is N=C(C(=O)/C=C\Nc1ccccc1O)C(=O)Nc1ccccc1. The van der Waals surface area contributed by atoms with E-state index < -0.39 is 17.4 Å². The van der Waals surface area contributed by atoms with Gasteiger partial charge in [0.15, 0.2) is 5.71 Å². The predicted octanol–water partition coefficient (Wildman–Crippen LogP) is 2.55. The summed E-state index contributed by atoms with van der Waals surface area (Å²) in [6.07, 6.45) is 2.32. The van der Waals surface area contributed by atoms with Crippen LogP contribution in [0.5, 0.6) is 5.75 Å². The maximum atomic E-state index is 11.8. The van der Waals surface area contributed by atoms with Crippen LogP contribution in [-0.2, 0) is 9.59 Å². The van der Waals surface area contributed by atoms with E-state index in [0.717, 1.165) is 6.08 Å². The Morgan fingerprint density at radius 3 is 2.35 bits per heavy atom. The van der Waals surface area contributed by atoms with Gasteiger partial charge in [-0.2, -0.15) is 0 Å². The van der Waals surface area contributed by atoms with Crippen LogP contribution in [0, 0.1) is 5.41 Å². The number of anilines is 2. The van der Waals surface area contributed by atoms with Crippen LogP contribution in [0.3, 0.4) is 0 Å². The second kappa shape index (κ2) is 7.56. The summed E-state index contributed by atoms with van der Waals surface area (Å²) >= 11 is 0. The Balaban J connectivity index is 1.92. The maximum Gasteiger partial charge on any atom is 0.277 e. The predicted molar refractivity (Wildman–Crippen MR) is 88.7 cm³/mol. The van der Waals surface area contributed by atoms with Crippen molar-refractivity contribution in [3.05, 3.63) is 66.9 Å². The minimum atomic E-state index is -0.784. The van der Waals surface area contributed by atoms with E-state index in [2.05, 4.69) is 10.6 Å². The van der Waals surface area contributed by atoms with Gasteiger partial charge in [-0.3, -0.25) is 15.0 Å². The number of aromatic hydroxyl groups is 1. The van der Waals surface area contributed by atoms with Gasteiger partial charge in [-0.25, -0.2) is 0 Å². The lowest BCUT2D eigenvalue weighted by atomic mass is 10.2. The first kappa shape index (κ1) is 16.0. The quantitative estimate of drug-likeness (QED) is 0.285. The zero-order chi connectivity index (χ0) is 16.7. The molecule has 6 heteroatoms. The fourth-order valence-corrected chi connectivity index (χ4v) is 1.71. The Kier molecular flexibility index (Phi) is 5.25. The molecule has 0 heterocycles. The van der Waals surface area contributed by atoms with Crippen molar-refractivity contribution < 1.29 is 14.7 Å². The molecule has 0 aromatic heterocycles. The Morgan fingerprint density at radius 1 is 1.00 bits per heavy atom. The average Bonchev–Trinajstić information content (AvgIpc) is 2.56. The summed E-state index contributed by atoms with van der Waals surface area (Å²) in [6.45, 7) is 0. The van der Waals surface area contributed by atoms with Gasteiger partial charge in [-0.05, 0) is 24.3 Å². The van der Waals surface area contributed by atoms with Gasteiger partial charge < -0.3 is 15.7 Å². The third-order valence-electron chi connectivity index (χ3n) is 2.88. The summed E-state index contributed by atoms with van der Waals surface area (Å²) in [6, 6.07) is 15.1. The molecule has 0 aliphatic heterocycles. The Labute approximate surface area is 133 Å². The Bertz CT molecular complexity index is 755. The number of hydrogen-bond donors (Lipinski definition) is 4. The number of amides is 1. The lowest BCUT2D eigenvalue weighted by molar-refractivity contribution is -0.113. The van der Waals surface area contributed by atoms with Crippen LogP contribution in [0.25, 0.3) is 0 Å². The van der Waals surface area contributed by atoms with Crippen molar-refractivity contribution >= 4 is 28.8 Å². The lowest BCUT2D eigenvalue weighted by Crippen LogP contribution is -2.28. The zero-order valence-corrected chi connectivity index (χ0v) is 12.1. The van der Waals surface area contributed by atoms with Crippen molar-refractivity contribution in [2.24, 2.45) is 0 Å². The molecular formula is C17H15N3O3. The number of carbonyl (C=O) groups excluding carboxylic acids is 2. The lowest BCUT2D eigenvalue weighted by Gasteiger charge is -2.04. The number of hydrogen-bond acceptors (Lipinski definition) is 5. The molecule has 116 valence electrons. The number of phenolic OH excluding ortho intramolecular Hbond substituents is 1. The standard InChI is InChI=1S/C17H15N3O3/c18-16(17(23)20-12-6-2-1-3-7-12)15(22)10-11-19-13-8-4-5-9-14(13)21/h1-11,18-19,21H,(H,20,23)/b11-10-,18-16?. The van der Waals surface area contributed by atoms with E-state index >= 15 is 0 Å². The number of carbonyl (C=O) groups is 2. The van der Waals surface area contributed by atoms with Gasteiger partial charge in [0.05, 0.1) is 5.69 Å². The van der Waals surface area contributed by atoms with Gasteiger partial charge in [0.25, 0.3) is 5.91 Å². The molecule has 0 spiro atoms. The van der Waals surface area contributed by atoms with E-state index in [-0.39, 0.29) is 5.75 Å². The van der Waals surface area contributed by atoms with Gasteiger partial charge in [0.1, 0.15) is 5.75 Å². The van der Waals surface area contributed by atoms with E-state index in [1.807, 2.05) is 0 Å². The fraction of sp³-hybridized carbons (Fsp3) is 0. The second-order valence-electron chi connectivity index (χ2n) is 4.55. The van der Waals surface area contributed by atoms with Crippen LogP contribution in [0.2, 0.25) is 0 Å². The average molecular weight is 309 g/mol. The third kappa shape index (κ3) is 4.53. The van der Waals surface area contributed by atoms with Crippen LogP contribution in [0.15, 0.2) is 66.9 Å². The van der Waals surface area contributed by atoms with Crippen molar-refractivity contribution in [3.63, 3.8) is 0 Å². The third-order valence-corrected chi connectivity index (χ3v) is 2.88. The van der Waals surface area contributed by atoms with E-state index in [0.29, 0.717) is 11.4 Å². The number of rotatable bonds is 6. The van der Waals surface area contributed by atoms with Crippen LogP contribution in [0.1, 0.15) is 0 Å². The molecule has 6 nitrogen and oxygen atoms in total. The zero-order valence-electron chi connectivity index (χ0n) is 12.1. The van der Waals surface area contributed by atoms with E-state index in [4.69, 9.17) is 5.41 Å². The van der Waals surface area contributed by atoms with Crippen LogP contribution < -0.4 is 10.6 Å². The van der Waals surface area contributed by atoms with Crippen molar-refractivity contribution in [1.29, 1.82) is 5.41 Å². The highest BCUT2D eigenvalue weighted by Crippen LogP contribution is 2.21. The molecule has 0 atom stereocenters. The molecule has 0 unspecified atom stereocenters. The molecule has 0 fully saturated rings. The number of nitrogens with one attached hydrogen (secondary N) is 3. The van der Waals surface area contributed by atoms with E-state index in [1.54, 1.807) is 48.5 Å². The molecule has 0 bridgehead atoms. The smallest absolute Gasteiger partial charge is 0.277 e. The maximum absolute atomic E-state index is 11.8. The molecular weight excluding hydrogens is 294 g/mol. The van der Waals surface area contributed by atoms with Gasteiger partial charge in [0.2, 0.25) is 5.78 Å². The summed E-state index contributed by atoms with van der Waals surface area (Å²) in [5.41, 5.74) is 0.243. The first-order chi connectivity index (χ1) is 11.1. The van der Waals surface area contributed by atoms with Crippen molar-refractivity contribution in [1.82, 2.24) is 0 Å². The van der Waals surface area contributed by atoms with Gasteiger partial charge in [-0.1, -0.05) is 30.3 Å². The molecule has 1 amide bonds. The minimum absolute atomic E-state index is 0.0292. The molecule has 2 rings (SSSR count). The Morgan fingerprint density at radius 2 is 1.65 bits per heavy atom. The van der Waals surface area contributed by atoms with Crippen molar-refractivity contribution in [2.75, 3.05) is 10.6 Å². The monoisotopic (exact) mass is 309 g/mol. The van der Waals surface area contributed by atoms with Gasteiger partial charge >= 0.3 is 0 Å². The molecule has 2 aromatic rings. The summed E-state index contributed by atoms with van der Waals surface area (Å²) in [5.74, 6) is -1.50. The fourth-order valence-electron chi connectivity index (χ4n) is 1.71. The number of allylic oxidation sites excluding steroid dienone is 1. The molecule has 0 saturated carbocycles. The highest BCUT2D eigenvalue weighted by atomic mass is 16.3. The van der Waals surface area contributed by atoms with Crippen molar-refractivity contribution in [2.45, 2.75) is 0 Å². The van der Waals surface area contributed by atoms with Crippen LogP contribution >= 0.6 is 0 Å². The first-order valence-electron chi connectivity index (χ1n) is 6.78. The largest absolute Gasteiger partial charge is 0.506 e. The molecule has 0 aliphatic rings. The summed E-state index contributed by atoms with van der Waals surface area (Å²) < 4.78 is 0. The highest BCUT2D eigenvalue weighted by molar-refractivity contribution is 6.68. The summed E-state index contributed by atoms with van der Waals surface area (Å²) in [7, 11) is 0. The van der Waals surface area contributed by atoms with Crippen LogP contribution in [-0.4, -0.2) is 22.5 Å². The molecule has 23 heavy (non-hydrogen) atoms. The van der Waals surface area contributed by atoms with E-state index in [1.165, 1.54) is 12.3 Å². The molecule has 0 aliphatic carbocycles. The van der Waals surface area contributed by atoms with Crippen molar-refractivity contribution in [3.8, 4) is 5.75 Å². The summed E-state index contributed by atoms with van der Waals surface area (Å²) in [4.78, 5) is 23.6. The van der Waals surface area contributed by atoms with Crippen LogP contribution in [0.4, 0.5) is 11.4 Å². The van der Waals surface area contributed by atoms with Gasteiger partial charge in [-0.15, -0.1) is 0 Å². The summed E-state index contributed by atoms with van der Waals surface area (Å²) in [5, 5.41) is 22.3. The number of phenols is 1. The topological polar surface area (TPSA) is 102 Å². The molecule has 2 aromatic carbocycles. The molecule has 0 saturated heterocycles. The van der Waals surface area contributed by atoms with Gasteiger partial charge in [0, 0.05) is 18.0 Å². The first-order valence-corrected chi connectivity index (χ1v) is 6.78. The normalized spacial score (nSPS) is 10.3.